The maximum Gasteiger partial charge on any atom is 0.211 e. The third-order valence-electron chi connectivity index (χ3n) is 8.72. The summed E-state index contributed by atoms with van der Waals surface area (Å²) in [4.78, 5) is 14.0. The molecule has 0 saturated carbocycles. The van der Waals surface area contributed by atoms with Crippen LogP contribution in [0.1, 0.15) is 85.1 Å². The van der Waals surface area contributed by atoms with Gasteiger partial charge in [-0.25, -0.2) is 0 Å². The lowest BCUT2D eigenvalue weighted by molar-refractivity contribution is 0.106. The minimum Gasteiger partial charge on any atom is -0.421 e. The van der Waals surface area contributed by atoms with Gasteiger partial charge in [0.05, 0.1) is 39.6 Å². The molecular weight excluding hydrogens is 633 g/mol. The molecule has 6 rings (SSSR count). The summed E-state index contributed by atoms with van der Waals surface area (Å²) < 4.78 is 12.1. The molecule has 0 saturated heterocycles. The zero-order valence-corrected chi connectivity index (χ0v) is 29.4. The summed E-state index contributed by atoms with van der Waals surface area (Å²) in [6.45, 7) is 12.8. The number of nitrogens with one attached hydrogen (secondary N) is 2. The quantitative estimate of drug-likeness (QED) is 0.164. The monoisotopic (exact) mass is 672 g/mol. The average molecular weight is 673 g/mol. The summed E-state index contributed by atoms with van der Waals surface area (Å²) in [6, 6.07) is 31.5. The largest absolute Gasteiger partial charge is 0.421 e. The highest BCUT2D eigenvalue weighted by Crippen LogP contribution is 2.41. The number of carbonyl (C=O) groups excluding carboxylic acids is 1. The highest BCUT2D eigenvalue weighted by Gasteiger charge is 2.28. The van der Waals surface area contributed by atoms with Crippen molar-refractivity contribution in [1.82, 2.24) is 0 Å². The van der Waals surface area contributed by atoms with Crippen molar-refractivity contribution in [2.75, 3.05) is 0 Å². The molecule has 5 nitrogen and oxygen atoms in total. The zero-order valence-electron chi connectivity index (χ0n) is 27.8. The van der Waals surface area contributed by atoms with E-state index in [2.05, 4.69) is 58.5 Å². The van der Waals surface area contributed by atoms with E-state index in [-0.39, 0.29) is 16.9 Å². The Morgan fingerprint density at radius 2 is 1.04 bits per heavy atom. The van der Waals surface area contributed by atoms with Crippen molar-refractivity contribution in [2.24, 2.45) is 0 Å². The van der Waals surface area contributed by atoms with E-state index in [4.69, 9.17) is 19.2 Å². The van der Waals surface area contributed by atoms with Crippen LogP contribution in [0.4, 0.5) is 0 Å². The van der Waals surface area contributed by atoms with Gasteiger partial charge in [-0.15, -0.1) is 0 Å². The van der Waals surface area contributed by atoms with E-state index in [1.54, 1.807) is 24.3 Å². The van der Waals surface area contributed by atoms with Gasteiger partial charge < -0.3 is 13.8 Å². The minimum atomic E-state index is -0.271. The van der Waals surface area contributed by atoms with Crippen LogP contribution in [0.5, 0.6) is 11.5 Å². The Hall–Kier alpha value is -4.59. The Balaban J connectivity index is 0.00000107. The molecule has 0 spiro atoms. The van der Waals surface area contributed by atoms with Gasteiger partial charge in [-0.3, -0.25) is 10.2 Å². The van der Waals surface area contributed by atoms with Crippen molar-refractivity contribution in [3.05, 3.63) is 149 Å². The highest BCUT2D eigenvalue weighted by molar-refractivity contribution is 8.04. The molecule has 1 atom stereocenters. The number of allylic oxidation sites excluding steroid dienone is 3. The van der Waals surface area contributed by atoms with Crippen LogP contribution in [0.2, 0.25) is 0 Å². The van der Waals surface area contributed by atoms with Gasteiger partial charge in [-0.2, -0.15) is 0 Å². The minimum absolute atomic E-state index is 0.0398. The Morgan fingerprint density at radius 3 is 1.50 bits per heavy atom. The molecule has 4 aromatic rings. The van der Waals surface area contributed by atoms with Gasteiger partial charge in [-0.05, 0) is 65.1 Å². The first-order chi connectivity index (χ1) is 23.2. The van der Waals surface area contributed by atoms with Gasteiger partial charge in [-0.1, -0.05) is 120 Å². The van der Waals surface area contributed by atoms with E-state index < -0.39 is 0 Å². The van der Waals surface area contributed by atoms with Crippen LogP contribution in [-0.4, -0.2) is 17.2 Å². The predicted molar refractivity (Wildman–Crippen MR) is 204 cm³/mol. The number of carbonyl (C=O) groups is 1. The number of hydrogen-bond acceptors (Lipinski definition) is 7. The number of rotatable bonds is 10. The number of Topliss-reactive ketones (excluding diaryl/α,β-unsaturated/α-hetero) is 1. The van der Waals surface area contributed by atoms with Crippen molar-refractivity contribution in [1.29, 1.82) is 10.8 Å². The Bertz CT molecular complexity index is 1770. The van der Waals surface area contributed by atoms with Crippen molar-refractivity contribution >= 4 is 56.7 Å². The maximum absolute atomic E-state index is 12.4. The number of ketones is 1. The summed E-state index contributed by atoms with van der Waals surface area (Å²) in [5.41, 5.74) is 6.48. The Kier molecular flexibility index (Phi) is 11.2. The second-order valence-corrected chi connectivity index (χ2v) is 13.4. The maximum atomic E-state index is 12.4. The summed E-state index contributed by atoms with van der Waals surface area (Å²) in [6.07, 6.45) is 6.91. The third kappa shape index (κ3) is 7.43. The number of benzene rings is 4. The molecule has 2 aliphatic rings. The van der Waals surface area contributed by atoms with Crippen LogP contribution in [0.25, 0.3) is 15.4 Å². The molecule has 2 N–H and O–H groups in total. The van der Waals surface area contributed by atoms with E-state index in [1.165, 1.54) is 30.4 Å². The summed E-state index contributed by atoms with van der Waals surface area (Å²) in [7, 11) is 0. The fraction of sp³-hybridized carbons (Fsp3) is 0.195. The first-order valence-electron chi connectivity index (χ1n) is 16.1. The standard InChI is InChI=1S/C37H30N2O3S2.C4H10/c1-4-37(3,24-13-17-26(18-14-24)41-43-34-21-32(38)23(2)28-9-5-6-10-29(28)34)25-15-19-27(20-16-25)42-44-35-22-33(39)36(40)31-12-8-7-11-30(31)35;1-3-4-2/h5-22,38-39H,2,4H2,1,3H3;3-4H2,1-2H3. The number of unbranched alkanes of at least 4 members (excludes halogenated alkanes) is 1. The SMILES string of the molecule is C=C1C(=N)C=C(SOc2ccc(C(C)(CC)c3ccc(OSC4=CC(=N)C(=O)c5ccccc54)cc3)cc2)c2ccccc21.CCCC. The zero-order chi connectivity index (χ0) is 34.3. The van der Waals surface area contributed by atoms with E-state index in [0.717, 1.165) is 61.9 Å². The molecule has 0 aliphatic heterocycles. The fourth-order valence-corrected chi connectivity index (χ4v) is 6.83. The van der Waals surface area contributed by atoms with Gasteiger partial charge in [0.2, 0.25) is 5.78 Å². The molecule has 48 heavy (non-hydrogen) atoms. The fourth-order valence-electron chi connectivity index (χ4n) is 5.37. The van der Waals surface area contributed by atoms with Crippen LogP contribution in [0, 0.1) is 10.8 Å². The van der Waals surface area contributed by atoms with Gasteiger partial charge in [0.1, 0.15) is 17.2 Å². The first-order valence-corrected chi connectivity index (χ1v) is 17.6. The normalized spacial score (nSPS) is 14.8. The molecule has 244 valence electrons. The summed E-state index contributed by atoms with van der Waals surface area (Å²) in [5.74, 6) is 1.16. The van der Waals surface area contributed by atoms with Gasteiger partial charge in [0, 0.05) is 22.1 Å². The lowest BCUT2D eigenvalue weighted by atomic mass is 9.74. The van der Waals surface area contributed by atoms with Crippen LogP contribution >= 0.6 is 24.1 Å². The Labute approximate surface area is 292 Å². The topological polar surface area (TPSA) is 83.2 Å². The molecule has 2 aliphatic carbocycles. The molecule has 0 radical (unpaired) electrons. The highest BCUT2D eigenvalue weighted by atomic mass is 32.2. The molecule has 0 aromatic heterocycles. The lowest BCUT2D eigenvalue weighted by Gasteiger charge is -2.30. The predicted octanol–water partition coefficient (Wildman–Crippen LogP) is 11.6. The smallest absolute Gasteiger partial charge is 0.211 e. The average Bonchev–Trinajstić information content (AvgIpc) is 3.13. The molecule has 0 bridgehead atoms. The molecule has 7 heteroatoms. The van der Waals surface area contributed by atoms with E-state index in [1.807, 2.05) is 60.7 Å². The molecule has 0 heterocycles. The molecule has 1 unspecified atom stereocenters. The second-order valence-electron chi connectivity index (χ2n) is 11.8. The van der Waals surface area contributed by atoms with Crippen LogP contribution < -0.4 is 8.37 Å². The lowest BCUT2D eigenvalue weighted by Crippen LogP contribution is -2.22. The van der Waals surface area contributed by atoms with Crippen molar-refractivity contribution in [2.45, 2.75) is 52.4 Å². The van der Waals surface area contributed by atoms with Gasteiger partial charge >= 0.3 is 0 Å². The molecular formula is C41H40N2O3S2. The summed E-state index contributed by atoms with van der Waals surface area (Å²) >= 11 is 2.42. The third-order valence-corrected chi connectivity index (χ3v) is 10.3. The molecule has 4 aromatic carbocycles. The van der Waals surface area contributed by atoms with Crippen LogP contribution in [0.15, 0.2) is 116 Å². The first kappa shape index (κ1) is 34.7. The van der Waals surface area contributed by atoms with Crippen LogP contribution in [-0.2, 0) is 5.41 Å². The van der Waals surface area contributed by atoms with Gasteiger partial charge in [0.15, 0.2) is 0 Å². The van der Waals surface area contributed by atoms with E-state index in [9.17, 15) is 4.79 Å². The van der Waals surface area contributed by atoms with Crippen molar-refractivity contribution in [3.8, 4) is 11.5 Å². The van der Waals surface area contributed by atoms with Crippen LogP contribution in [0.3, 0.4) is 0 Å². The van der Waals surface area contributed by atoms with Crippen molar-refractivity contribution < 1.29 is 13.2 Å². The number of fused-ring (bicyclic) bond motifs is 2. The molecule has 0 amide bonds. The van der Waals surface area contributed by atoms with Gasteiger partial charge in [0.25, 0.3) is 0 Å². The second kappa shape index (κ2) is 15.5. The van der Waals surface area contributed by atoms with Crippen molar-refractivity contribution in [3.63, 3.8) is 0 Å². The number of hydrogen-bond donors (Lipinski definition) is 2. The van der Waals surface area contributed by atoms with E-state index in [0.29, 0.717) is 17.0 Å². The molecule has 0 fully saturated rings. The summed E-state index contributed by atoms with van der Waals surface area (Å²) in [5, 5.41) is 16.3. The van der Waals surface area contributed by atoms with E-state index >= 15 is 0 Å². The Morgan fingerprint density at radius 1 is 0.625 bits per heavy atom.